The lowest BCUT2D eigenvalue weighted by Gasteiger charge is -2.42. The number of amides is 1. The van der Waals surface area contributed by atoms with E-state index in [-0.39, 0.29) is 25.1 Å². The Balaban J connectivity index is 1.29. The van der Waals surface area contributed by atoms with Gasteiger partial charge in [0.25, 0.3) is 0 Å². The number of fused-ring (bicyclic) bond motifs is 1. The average molecular weight is 526 g/mol. The highest BCUT2D eigenvalue weighted by Gasteiger charge is 2.40. The van der Waals surface area contributed by atoms with E-state index in [9.17, 15) is 9.59 Å². The van der Waals surface area contributed by atoms with Crippen LogP contribution in [0.15, 0.2) is 84.9 Å². The summed E-state index contributed by atoms with van der Waals surface area (Å²) < 4.78 is 17.6. The van der Waals surface area contributed by atoms with E-state index >= 15 is 0 Å². The molecule has 2 heterocycles. The predicted molar refractivity (Wildman–Crippen MR) is 150 cm³/mol. The van der Waals surface area contributed by atoms with E-state index in [1.807, 2.05) is 81.4 Å². The molecule has 1 spiro atoms. The molecule has 0 radical (unpaired) electrons. The molecule has 1 fully saturated rings. The second kappa shape index (κ2) is 11.0. The molecular weight excluding hydrogens is 490 g/mol. The SMILES string of the molecule is CC(C)(C)OC(=O)Cc1ccc(C2=CC3(CCN(C(=O)OCc4ccccc4)CC3)Oc3ccccc32)cc1. The van der Waals surface area contributed by atoms with E-state index in [0.717, 1.165) is 33.6 Å². The summed E-state index contributed by atoms with van der Waals surface area (Å²) in [5.41, 5.74) is 4.06. The van der Waals surface area contributed by atoms with Gasteiger partial charge in [0.15, 0.2) is 0 Å². The lowest BCUT2D eigenvalue weighted by Crippen LogP contribution is -2.49. The summed E-state index contributed by atoms with van der Waals surface area (Å²) in [7, 11) is 0. The number of rotatable bonds is 5. The second-order valence-electron chi connectivity index (χ2n) is 11.2. The molecule has 0 saturated carbocycles. The number of likely N-dealkylation sites (tertiary alicyclic amines) is 1. The third-order valence-corrected chi connectivity index (χ3v) is 7.00. The van der Waals surface area contributed by atoms with Gasteiger partial charge in [0.05, 0.1) is 6.42 Å². The number of para-hydroxylation sites is 1. The lowest BCUT2D eigenvalue weighted by molar-refractivity contribution is -0.153. The number of piperidine rings is 1. The van der Waals surface area contributed by atoms with Crippen LogP contribution in [0.4, 0.5) is 4.79 Å². The highest BCUT2D eigenvalue weighted by atomic mass is 16.6. The molecular formula is C33H35NO5. The number of hydrogen-bond donors (Lipinski definition) is 0. The van der Waals surface area contributed by atoms with Gasteiger partial charge in [-0.15, -0.1) is 0 Å². The Bertz CT molecular complexity index is 1350. The maximum Gasteiger partial charge on any atom is 0.410 e. The summed E-state index contributed by atoms with van der Waals surface area (Å²) in [6.45, 7) is 6.98. The number of benzene rings is 3. The summed E-state index contributed by atoms with van der Waals surface area (Å²) in [5, 5.41) is 0. The molecule has 1 amide bonds. The van der Waals surface area contributed by atoms with Crippen LogP contribution in [0.3, 0.4) is 0 Å². The molecule has 2 aliphatic heterocycles. The maximum absolute atomic E-state index is 12.7. The van der Waals surface area contributed by atoms with Crippen molar-refractivity contribution in [3.05, 3.63) is 107 Å². The van der Waals surface area contributed by atoms with Gasteiger partial charge >= 0.3 is 12.1 Å². The Labute approximate surface area is 230 Å². The van der Waals surface area contributed by atoms with Gasteiger partial charge in [0.2, 0.25) is 0 Å². The standard InChI is InChI=1S/C33H35NO5/c1-32(2,3)39-30(35)21-24-13-15-26(16-14-24)28-22-33(38-29-12-8-7-11-27(28)29)17-19-34(20-18-33)31(36)37-23-25-9-5-4-6-10-25/h4-16,22H,17-21,23H2,1-3H3. The van der Waals surface area contributed by atoms with Crippen LogP contribution in [0.5, 0.6) is 5.75 Å². The first-order valence-corrected chi connectivity index (χ1v) is 13.5. The molecule has 2 aliphatic rings. The molecule has 6 heteroatoms. The van der Waals surface area contributed by atoms with Crippen LogP contribution in [0.1, 0.15) is 55.9 Å². The Morgan fingerprint density at radius 1 is 0.872 bits per heavy atom. The molecule has 0 N–H and O–H groups in total. The fourth-order valence-electron chi connectivity index (χ4n) is 5.08. The largest absolute Gasteiger partial charge is 0.482 e. The van der Waals surface area contributed by atoms with Gasteiger partial charge in [-0.25, -0.2) is 4.79 Å². The Morgan fingerprint density at radius 2 is 1.54 bits per heavy atom. The zero-order valence-electron chi connectivity index (χ0n) is 22.8. The number of hydrogen-bond acceptors (Lipinski definition) is 5. The van der Waals surface area contributed by atoms with Crippen molar-refractivity contribution in [2.45, 2.75) is 57.8 Å². The highest BCUT2D eigenvalue weighted by Crippen LogP contribution is 2.43. The van der Waals surface area contributed by atoms with Crippen LogP contribution in [0, 0.1) is 0 Å². The highest BCUT2D eigenvalue weighted by molar-refractivity contribution is 5.85. The van der Waals surface area contributed by atoms with Gasteiger partial charge in [-0.1, -0.05) is 72.8 Å². The van der Waals surface area contributed by atoms with Crippen molar-refractivity contribution < 1.29 is 23.8 Å². The van der Waals surface area contributed by atoms with Crippen LogP contribution in [0.2, 0.25) is 0 Å². The quantitative estimate of drug-likeness (QED) is 0.353. The monoisotopic (exact) mass is 525 g/mol. The predicted octanol–water partition coefficient (Wildman–Crippen LogP) is 6.57. The van der Waals surface area contributed by atoms with Crippen LogP contribution >= 0.6 is 0 Å². The van der Waals surface area contributed by atoms with Gasteiger partial charge in [-0.2, -0.15) is 0 Å². The molecule has 1 saturated heterocycles. The van der Waals surface area contributed by atoms with Crippen molar-refractivity contribution >= 4 is 17.6 Å². The van der Waals surface area contributed by atoms with Gasteiger partial charge in [0.1, 0.15) is 23.6 Å². The van der Waals surface area contributed by atoms with Crippen molar-refractivity contribution in [1.29, 1.82) is 0 Å². The molecule has 3 aromatic rings. The molecule has 0 aromatic heterocycles. The minimum absolute atomic E-state index is 0.233. The molecule has 0 bridgehead atoms. The molecule has 39 heavy (non-hydrogen) atoms. The van der Waals surface area contributed by atoms with Crippen molar-refractivity contribution in [3.8, 4) is 5.75 Å². The maximum atomic E-state index is 12.7. The smallest absolute Gasteiger partial charge is 0.410 e. The Hall–Kier alpha value is -4.06. The summed E-state index contributed by atoms with van der Waals surface area (Å²) >= 11 is 0. The van der Waals surface area contributed by atoms with Crippen molar-refractivity contribution in [1.82, 2.24) is 4.90 Å². The summed E-state index contributed by atoms with van der Waals surface area (Å²) in [5.74, 6) is 0.604. The first kappa shape index (κ1) is 26.5. The second-order valence-corrected chi connectivity index (χ2v) is 11.2. The lowest BCUT2D eigenvalue weighted by atomic mass is 9.83. The Morgan fingerprint density at radius 3 is 2.23 bits per heavy atom. The number of carbonyl (C=O) groups is 2. The van der Waals surface area contributed by atoms with E-state index in [0.29, 0.717) is 25.9 Å². The minimum atomic E-state index is -0.505. The number of carbonyl (C=O) groups excluding carboxylic acids is 2. The van der Waals surface area contributed by atoms with Crippen LogP contribution in [-0.4, -0.2) is 41.3 Å². The topological polar surface area (TPSA) is 65.1 Å². The zero-order valence-corrected chi connectivity index (χ0v) is 22.8. The summed E-state index contributed by atoms with van der Waals surface area (Å²) in [4.78, 5) is 26.8. The van der Waals surface area contributed by atoms with Crippen molar-refractivity contribution in [2.24, 2.45) is 0 Å². The summed E-state index contributed by atoms with van der Waals surface area (Å²) in [6.07, 6.45) is 3.49. The third-order valence-electron chi connectivity index (χ3n) is 7.00. The fraction of sp³-hybridized carbons (Fsp3) is 0.333. The fourth-order valence-corrected chi connectivity index (χ4v) is 5.08. The van der Waals surface area contributed by atoms with Crippen molar-refractivity contribution in [2.75, 3.05) is 13.1 Å². The molecule has 202 valence electrons. The van der Waals surface area contributed by atoms with Crippen LogP contribution in [0.25, 0.3) is 5.57 Å². The molecule has 3 aromatic carbocycles. The van der Waals surface area contributed by atoms with Crippen LogP contribution < -0.4 is 4.74 Å². The van der Waals surface area contributed by atoms with E-state index in [2.05, 4.69) is 24.3 Å². The van der Waals surface area contributed by atoms with Crippen LogP contribution in [-0.2, 0) is 27.3 Å². The first-order chi connectivity index (χ1) is 18.7. The molecule has 0 aliphatic carbocycles. The van der Waals surface area contributed by atoms with E-state index in [4.69, 9.17) is 14.2 Å². The van der Waals surface area contributed by atoms with Gasteiger partial charge in [-0.05, 0) is 55.2 Å². The van der Waals surface area contributed by atoms with Crippen molar-refractivity contribution in [3.63, 3.8) is 0 Å². The van der Waals surface area contributed by atoms with Gasteiger partial charge in [-0.3, -0.25) is 4.79 Å². The number of ether oxygens (including phenoxy) is 3. The Kier molecular flexibility index (Phi) is 7.47. The number of nitrogens with zero attached hydrogens (tertiary/aromatic N) is 1. The third kappa shape index (κ3) is 6.51. The van der Waals surface area contributed by atoms with Gasteiger partial charge in [0, 0.05) is 31.5 Å². The van der Waals surface area contributed by atoms with E-state index in [1.165, 1.54) is 0 Å². The average Bonchev–Trinajstić information content (AvgIpc) is 2.92. The summed E-state index contributed by atoms with van der Waals surface area (Å²) in [6, 6.07) is 25.8. The number of esters is 1. The van der Waals surface area contributed by atoms with Gasteiger partial charge < -0.3 is 19.1 Å². The molecule has 5 rings (SSSR count). The minimum Gasteiger partial charge on any atom is -0.482 e. The van der Waals surface area contributed by atoms with E-state index in [1.54, 1.807) is 4.90 Å². The molecule has 6 nitrogen and oxygen atoms in total. The normalized spacial score (nSPS) is 16.1. The molecule has 0 atom stereocenters. The zero-order chi connectivity index (χ0) is 27.5. The first-order valence-electron chi connectivity index (χ1n) is 13.5. The molecule has 0 unspecified atom stereocenters. The van der Waals surface area contributed by atoms with E-state index < -0.39 is 11.2 Å².